The fraction of sp³-hybridized carbons (Fsp3) is 1.00. The van der Waals surface area contributed by atoms with Gasteiger partial charge in [-0.2, -0.15) is 0 Å². The van der Waals surface area contributed by atoms with Crippen LogP contribution in [0, 0.1) is 46.3 Å². The third-order valence-corrected chi connectivity index (χ3v) is 13.0. The van der Waals surface area contributed by atoms with Crippen LogP contribution < -0.4 is 0 Å². The van der Waals surface area contributed by atoms with Gasteiger partial charge in [0.25, 0.3) is 0 Å². The average molecular weight is 607 g/mol. The fourth-order valence-corrected chi connectivity index (χ4v) is 11.8. The third kappa shape index (κ3) is 8.18. The van der Waals surface area contributed by atoms with E-state index in [-0.39, 0.29) is 0 Å². The summed E-state index contributed by atoms with van der Waals surface area (Å²) in [6.07, 6.45) is 26.3. The highest BCUT2D eigenvalue weighted by Crippen LogP contribution is 2.62. The topological polar surface area (TPSA) is 86.6 Å². The van der Waals surface area contributed by atoms with Crippen LogP contribution in [-0.2, 0) is 24.1 Å². The predicted octanol–water partition coefficient (Wildman–Crippen LogP) is 8.44. The molecule has 10 aliphatic rings. The van der Waals surface area contributed by atoms with Crippen molar-refractivity contribution in [1.29, 1.82) is 0 Å². The smallest absolute Gasteiger partial charge is 0.198 e. The van der Waals surface area contributed by atoms with Crippen molar-refractivity contribution in [1.82, 2.24) is 0 Å². The predicted molar refractivity (Wildman–Crippen MR) is 165 cm³/mol. The first-order valence-electron chi connectivity index (χ1n) is 18.2. The minimum absolute atomic E-state index is 0.423. The van der Waals surface area contributed by atoms with Gasteiger partial charge in [-0.05, 0) is 176 Å². The Morgan fingerprint density at radius 2 is 1.02 bits per heavy atom. The van der Waals surface area contributed by atoms with Crippen molar-refractivity contribution in [3.63, 3.8) is 0 Å². The molecule has 2 aliphatic heterocycles. The van der Waals surface area contributed by atoms with Crippen LogP contribution in [0.15, 0.2) is 0 Å². The van der Waals surface area contributed by atoms with E-state index in [0.717, 1.165) is 87.2 Å². The summed E-state index contributed by atoms with van der Waals surface area (Å²) < 4.78 is 10.9. The average Bonchev–Trinajstić information content (AvgIpc) is 2.96. The second-order valence-corrected chi connectivity index (χ2v) is 16.9. The zero-order valence-electron chi connectivity index (χ0n) is 27.4. The molecular weight excluding hydrogens is 544 g/mol. The Morgan fingerprint density at radius 1 is 0.605 bits per heavy atom. The molecule has 2 saturated heterocycles. The molecule has 2 heterocycles. The number of hydrogen-bond acceptors (Lipinski definition) is 7. The molecule has 7 heteroatoms. The first-order chi connectivity index (χ1) is 20.7. The van der Waals surface area contributed by atoms with Gasteiger partial charge in [0.05, 0.1) is 19.8 Å². The van der Waals surface area contributed by atoms with Crippen LogP contribution in [0.25, 0.3) is 0 Å². The largest absolute Gasteiger partial charge is 0.396 e. The highest BCUT2D eigenvalue weighted by atomic mass is 17.2. The number of ether oxygens (including phenoxy) is 2. The summed E-state index contributed by atoms with van der Waals surface area (Å²) in [6, 6.07) is 0. The Labute approximate surface area is 260 Å². The highest BCUT2D eigenvalue weighted by Gasteiger charge is 2.51. The van der Waals surface area contributed by atoms with E-state index in [0.29, 0.717) is 24.0 Å². The molecule has 8 saturated carbocycles. The summed E-state index contributed by atoms with van der Waals surface area (Å²) in [6.45, 7) is 6.41. The van der Waals surface area contributed by atoms with E-state index in [2.05, 4.69) is 4.89 Å². The maximum absolute atomic E-state index is 9.13. The molecule has 0 radical (unpaired) electrons. The summed E-state index contributed by atoms with van der Waals surface area (Å²) in [5.41, 5.74) is 1.19. The van der Waals surface area contributed by atoms with Gasteiger partial charge in [0.1, 0.15) is 0 Å². The lowest BCUT2D eigenvalue weighted by molar-refractivity contribution is -0.432. The lowest BCUT2D eigenvalue weighted by Gasteiger charge is -2.57. The lowest BCUT2D eigenvalue weighted by Crippen LogP contribution is -2.46. The Kier molecular flexibility index (Phi) is 10.5. The van der Waals surface area contributed by atoms with Crippen LogP contribution in [-0.4, -0.2) is 48.4 Å². The molecule has 248 valence electrons. The zero-order chi connectivity index (χ0) is 30.0. The van der Waals surface area contributed by atoms with Gasteiger partial charge in [0.2, 0.25) is 0 Å². The van der Waals surface area contributed by atoms with E-state index in [9.17, 15) is 0 Å². The van der Waals surface area contributed by atoms with E-state index < -0.39 is 11.6 Å². The highest BCUT2D eigenvalue weighted by molar-refractivity contribution is 5.02. The zero-order valence-corrected chi connectivity index (χ0v) is 27.4. The second kappa shape index (κ2) is 13.8. The van der Waals surface area contributed by atoms with Crippen molar-refractivity contribution >= 4 is 0 Å². The minimum atomic E-state index is -0.724. The molecule has 8 aliphatic carbocycles. The van der Waals surface area contributed by atoms with Gasteiger partial charge in [0.15, 0.2) is 11.6 Å². The third-order valence-electron chi connectivity index (χ3n) is 13.0. The van der Waals surface area contributed by atoms with E-state index in [1.54, 1.807) is 6.92 Å². The van der Waals surface area contributed by atoms with Crippen LogP contribution in [0.5, 0.6) is 0 Å². The molecule has 2 N–H and O–H groups in total. The Morgan fingerprint density at radius 3 is 1.37 bits per heavy atom. The first kappa shape index (κ1) is 32.7. The van der Waals surface area contributed by atoms with Gasteiger partial charge < -0.3 is 14.6 Å². The maximum atomic E-state index is 9.13. The van der Waals surface area contributed by atoms with Crippen LogP contribution >= 0.6 is 0 Å². The van der Waals surface area contributed by atoms with Crippen molar-refractivity contribution in [3.8, 4) is 0 Å². The molecule has 2 atom stereocenters. The monoisotopic (exact) mass is 606 g/mol. The van der Waals surface area contributed by atoms with Crippen molar-refractivity contribution in [2.45, 2.75) is 154 Å². The Bertz CT molecular complexity index is 806. The van der Waals surface area contributed by atoms with E-state index in [4.69, 9.17) is 29.6 Å². The molecule has 43 heavy (non-hydrogen) atoms. The van der Waals surface area contributed by atoms with Crippen LogP contribution in [0.3, 0.4) is 0 Å². The molecule has 0 spiro atoms. The summed E-state index contributed by atoms with van der Waals surface area (Å²) in [7, 11) is 0. The number of aliphatic hydroxyl groups excluding tert-OH is 1. The number of hydrogen-bond donors (Lipinski definition) is 2. The summed E-state index contributed by atoms with van der Waals surface area (Å²) in [4.78, 5) is 15.4. The van der Waals surface area contributed by atoms with Crippen LogP contribution in [0.4, 0.5) is 0 Å². The standard InChI is InChI=1S/C18H30O3.C12H20O.C6H12O3/c1-17(4-2-3-6-19-17)21-20-7-5-18-11-14-8-15(12-18)10-16(9-14)13-18;13-2-1-12-6-9-3-10(7-12)5-11(4-9)8-12;1-6(9-7)4-2-3-5-8-6/h14-16H,2-13H2,1H3;9-11,13H,1-8H2;7H,2-5H2,1H3. The summed E-state index contributed by atoms with van der Waals surface area (Å²) >= 11 is 0. The summed E-state index contributed by atoms with van der Waals surface area (Å²) in [5.74, 6) is 4.97. The molecule has 2 unspecified atom stereocenters. The van der Waals surface area contributed by atoms with E-state index in [1.165, 1.54) is 89.9 Å². The Balaban J connectivity index is 0.000000127. The quantitative estimate of drug-likeness (QED) is 0.163. The van der Waals surface area contributed by atoms with E-state index in [1.807, 2.05) is 6.92 Å². The molecule has 0 amide bonds. The molecule has 8 bridgehead atoms. The molecule has 10 rings (SSSR count). The number of aliphatic hydroxyl groups is 1. The molecule has 0 aromatic heterocycles. The van der Waals surface area contributed by atoms with Crippen molar-refractivity contribution in [2.24, 2.45) is 46.3 Å². The number of rotatable bonds is 8. The van der Waals surface area contributed by atoms with Crippen molar-refractivity contribution in [2.75, 3.05) is 26.4 Å². The van der Waals surface area contributed by atoms with Crippen LogP contribution in [0.1, 0.15) is 142 Å². The molecular formula is C36H62O7. The SMILES string of the molecule is CC1(OO)CCCCO1.CC1(OOCCC23CC4CC(CC(C4)C2)C3)CCCCO1.OCCC12CC3CC(CC(C3)C1)C2. The molecule has 0 aromatic rings. The van der Waals surface area contributed by atoms with Gasteiger partial charge >= 0.3 is 0 Å². The maximum Gasteiger partial charge on any atom is 0.198 e. The second-order valence-electron chi connectivity index (χ2n) is 16.9. The first-order valence-corrected chi connectivity index (χ1v) is 18.2. The Hall–Kier alpha value is -0.280. The van der Waals surface area contributed by atoms with Crippen LogP contribution in [0.2, 0.25) is 0 Å². The lowest BCUT2D eigenvalue weighted by atomic mass is 9.49. The molecule has 7 nitrogen and oxygen atoms in total. The van der Waals surface area contributed by atoms with Gasteiger partial charge in [-0.3, -0.25) is 0 Å². The van der Waals surface area contributed by atoms with Gasteiger partial charge in [-0.1, -0.05) is 0 Å². The minimum Gasteiger partial charge on any atom is -0.396 e. The summed E-state index contributed by atoms with van der Waals surface area (Å²) in [5, 5.41) is 17.5. The van der Waals surface area contributed by atoms with Gasteiger partial charge in [-0.25, -0.2) is 19.9 Å². The van der Waals surface area contributed by atoms with E-state index >= 15 is 0 Å². The van der Waals surface area contributed by atoms with Crippen molar-refractivity contribution < 1.29 is 34.5 Å². The van der Waals surface area contributed by atoms with Crippen molar-refractivity contribution in [3.05, 3.63) is 0 Å². The van der Waals surface area contributed by atoms with Gasteiger partial charge in [-0.15, -0.1) is 0 Å². The molecule has 0 aromatic carbocycles. The fourth-order valence-electron chi connectivity index (χ4n) is 11.8. The van der Waals surface area contributed by atoms with Gasteiger partial charge in [0, 0.05) is 19.4 Å². The normalized spacial score (nSPS) is 47.4. The molecule has 10 fully saturated rings.